The van der Waals surface area contributed by atoms with E-state index in [4.69, 9.17) is 9.15 Å². The van der Waals surface area contributed by atoms with Gasteiger partial charge in [0.25, 0.3) is 5.91 Å². The van der Waals surface area contributed by atoms with Crippen molar-refractivity contribution in [1.82, 2.24) is 9.47 Å². The third-order valence-electron chi connectivity index (χ3n) is 4.53. The number of rotatable bonds is 7. The lowest BCUT2D eigenvalue weighted by atomic mass is 10.0. The van der Waals surface area contributed by atoms with E-state index in [1.54, 1.807) is 37.6 Å². The molecule has 2 heterocycles. The average Bonchev–Trinajstić information content (AvgIpc) is 3.21. The Morgan fingerprint density at radius 1 is 1.26 bits per heavy atom. The summed E-state index contributed by atoms with van der Waals surface area (Å²) in [7, 11) is 3.02. The van der Waals surface area contributed by atoms with E-state index in [1.807, 2.05) is 13.8 Å². The molecule has 0 aliphatic rings. The number of carbonyl (C=O) groups excluding carboxylic acids is 3. The van der Waals surface area contributed by atoms with Crippen LogP contribution >= 0.6 is 0 Å². The van der Waals surface area contributed by atoms with Crippen molar-refractivity contribution in [3.05, 3.63) is 46.7 Å². The van der Waals surface area contributed by atoms with Gasteiger partial charge in [0.15, 0.2) is 11.5 Å². The van der Waals surface area contributed by atoms with Crippen LogP contribution in [-0.4, -0.2) is 47.3 Å². The van der Waals surface area contributed by atoms with Crippen LogP contribution in [0.2, 0.25) is 0 Å². The predicted octanol–water partition coefficient (Wildman–Crippen LogP) is 3.00. The fourth-order valence-electron chi connectivity index (χ4n) is 3.24. The van der Waals surface area contributed by atoms with Gasteiger partial charge >= 0.3 is 5.97 Å². The number of methoxy groups -OCH3 is 1. The van der Waals surface area contributed by atoms with Crippen molar-refractivity contribution in [1.29, 1.82) is 0 Å². The molecule has 0 aliphatic heterocycles. The lowest BCUT2D eigenvalue weighted by molar-refractivity contribution is 0.0588. The first-order valence-electron chi connectivity index (χ1n) is 8.79. The monoisotopic (exact) mass is 374 g/mol. The summed E-state index contributed by atoms with van der Waals surface area (Å²) in [6, 6.07) is 3.21. The lowest BCUT2D eigenvalue weighted by Crippen LogP contribution is -2.38. The summed E-state index contributed by atoms with van der Waals surface area (Å²) < 4.78 is 11.7. The summed E-state index contributed by atoms with van der Waals surface area (Å²) in [5.41, 5.74) is 2.00. The van der Waals surface area contributed by atoms with Gasteiger partial charge in [0.2, 0.25) is 0 Å². The molecule has 1 amide bonds. The lowest BCUT2D eigenvalue weighted by Gasteiger charge is -2.23. The molecule has 0 N–H and O–H groups in total. The zero-order valence-corrected chi connectivity index (χ0v) is 16.7. The van der Waals surface area contributed by atoms with Crippen LogP contribution < -0.4 is 0 Å². The molecular formula is C20H26N2O5. The highest BCUT2D eigenvalue weighted by Crippen LogP contribution is 2.23. The molecule has 2 aromatic heterocycles. The van der Waals surface area contributed by atoms with E-state index in [9.17, 15) is 14.4 Å². The Morgan fingerprint density at radius 3 is 2.44 bits per heavy atom. The van der Waals surface area contributed by atoms with Crippen molar-refractivity contribution in [2.24, 2.45) is 13.0 Å². The molecule has 0 bridgehead atoms. The van der Waals surface area contributed by atoms with Crippen molar-refractivity contribution < 1.29 is 23.5 Å². The Labute approximate surface area is 158 Å². The molecule has 0 radical (unpaired) electrons. The van der Waals surface area contributed by atoms with Crippen molar-refractivity contribution in [3.8, 4) is 0 Å². The Kier molecular flexibility index (Phi) is 6.25. The number of furan rings is 1. The number of hydrogen-bond donors (Lipinski definition) is 0. The quantitative estimate of drug-likeness (QED) is 0.550. The molecule has 2 rings (SSSR count). The number of ether oxygens (including phenoxy) is 1. The number of carbonyl (C=O) groups is 3. The van der Waals surface area contributed by atoms with Crippen LogP contribution in [0.25, 0.3) is 0 Å². The molecule has 7 nitrogen and oxygen atoms in total. The number of aromatic nitrogens is 1. The summed E-state index contributed by atoms with van der Waals surface area (Å²) in [6.45, 7) is 7.76. The third-order valence-corrected chi connectivity index (χ3v) is 4.53. The normalized spacial score (nSPS) is 10.9. The SMILES string of the molecule is COC(=O)c1c(C)c(C(=O)CN(CC(C)C)C(=O)c2ccco2)c(C)n1C. The Hall–Kier alpha value is -2.83. The van der Waals surface area contributed by atoms with E-state index in [0.717, 1.165) is 0 Å². The highest BCUT2D eigenvalue weighted by molar-refractivity contribution is 6.05. The van der Waals surface area contributed by atoms with Crippen LogP contribution in [0.4, 0.5) is 0 Å². The zero-order chi connectivity index (χ0) is 20.3. The molecule has 0 unspecified atom stereocenters. The zero-order valence-electron chi connectivity index (χ0n) is 16.7. The minimum absolute atomic E-state index is 0.0932. The molecule has 27 heavy (non-hydrogen) atoms. The number of esters is 1. The van der Waals surface area contributed by atoms with Gasteiger partial charge in [0.1, 0.15) is 5.69 Å². The Balaban J connectivity index is 2.35. The number of Topliss-reactive ketones (excluding diaryl/α,β-unsaturated/α-hetero) is 1. The Bertz CT molecular complexity index is 846. The molecule has 0 saturated carbocycles. The minimum Gasteiger partial charge on any atom is -0.464 e. The summed E-state index contributed by atoms with van der Waals surface area (Å²) in [4.78, 5) is 39.3. The van der Waals surface area contributed by atoms with Gasteiger partial charge in [0.05, 0.1) is 19.9 Å². The summed E-state index contributed by atoms with van der Waals surface area (Å²) in [6.07, 6.45) is 1.43. The highest BCUT2D eigenvalue weighted by Gasteiger charge is 2.28. The van der Waals surface area contributed by atoms with Crippen LogP contribution in [0, 0.1) is 19.8 Å². The fourth-order valence-corrected chi connectivity index (χ4v) is 3.24. The smallest absolute Gasteiger partial charge is 0.354 e. The van der Waals surface area contributed by atoms with Gasteiger partial charge < -0.3 is 18.6 Å². The molecule has 0 spiro atoms. The van der Waals surface area contributed by atoms with Crippen LogP contribution in [0.15, 0.2) is 22.8 Å². The predicted molar refractivity (Wildman–Crippen MR) is 100 cm³/mol. The van der Waals surface area contributed by atoms with Gasteiger partial charge in [-0.1, -0.05) is 13.8 Å². The van der Waals surface area contributed by atoms with Gasteiger partial charge in [0, 0.05) is 24.8 Å². The second-order valence-corrected chi connectivity index (χ2v) is 6.96. The second kappa shape index (κ2) is 8.24. The summed E-state index contributed by atoms with van der Waals surface area (Å²) >= 11 is 0. The topological polar surface area (TPSA) is 81.8 Å². The van der Waals surface area contributed by atoms with Gasteiger partial charge in [-0.15, -0.1) is 0 Å². The fraction of sp³-hybridized carbons (Fsp3) is 0.450. The molecule has 0 fully saturated rings. The molecule has 146 valence electrons. The molecule has 0 atom stereocenters. The molecule has 0 saturated heterocycles. The van der Waals surface area contributed by atoms with Crippen molar-refractivity contribution in [2.75, 3.05) is 20.2 Å². The first-order valence-corrected chi connectivity index (χ1v) is 8.79. The van der Waals surface area contributed by atoms with E-state index in [1.165, 1.54) is 18.3 Å². The van der Waals surface area contributed by atoms with Crippen LogP contribution in [-0.2, 0) is 11.8 Å². The first kappa shape index (κ1) is 20.5. The number of nitrogens with zero attached hydrogens (tertiary/aromatic N) is 2. The van der Waals surface area contributed by atoms with Gasteiger partial charge in [-0.05, 0) is 37.5 Å². The van der Waals surface area contributed by atoms with Crippen molar-refractivity contribution >= 4 is 17.7 Å². The number of amides is 1. The second-order valence-electron chi connectivity index (χ2n) is 6.96. The third kappa shape index (κ3) is 4.13. The van der Waals surface area contributed by atoms with Crippen LogP contribution in [0.1, 0.15) is 56.5 Å². The van der Waals surface area contributed by atoms with E-state index in [2.05, 4.69) is 0 Å². The Morgan fingerprint density at radius 2 is 1.93 bits per heavy atom. The number of hydrogen-bond acceptors (Lipinski definition) is 5. The standard InChI is InChI=1S/C20H26N2O5/c1-12(2)10-22(19(24)16-8-7-9-27-16)11-15(23)17-13(3)18(20(25)26-6)21(5)14(17)4/h7-9,12H,10-11H2,1-6H3. The van der Waals surface area contributed by atoms with E-state index >= 15 is 0 Å². The maximum Gasteiger partial charge on any atom is 0.354 e. The van der Waals surface area contributed by atoms with Gasteiger partial charge in [-0.25, -0.2) is 4.79 Å². The van der Waals surface area contributed by atoms with E-state index in [-0.39, 0.29) is 29.9 Å². The van der Waals surface area contributed by atoms with Crippen molar-refractivity contribution in [2.45, 2.75) is 27.7 Å². The number of ketones is 1. The van der Waals surface area contributed by atoms with Gasteiger partial charge in [-0.2, -0.15) is 0 Å². The maximum absolute atomic E-state index is 13.0. The minimum atomic E-state index is -0.497. The molecule has 0 aromatic carbocycles. The van der Waals surface area contributed by atoms with Crippen LogP contribution in [0.5, 0.6) is 0 Å². The largest absolute Gasteiger partial charge is 0.464 e. The van der Waals surface area contributed by atoms with E-state index in [0.29, 0.717) is 29.1 Å². The summed E-state index contributed by atoms with van der Waals surface area (Å²) in [5, 5.41) is 0. The molecular weight excluding hydrogens is 348 g/mol. The van der Waals surface area contributed by atoms with Crippen molar-refractivity contribution in [3.63, 3.8) is 0 Å². The van der Waals surface area contributed by atoms with Crippen LogP contribution in [0.3, 0.4) is 0 Å². The first-order chi connectivity index (χ1) is 12.7. The maximum atomic E-state index is 13.0. The summed E-state index contributed by atoms with van der Waals surface area (Å²) in [5.74, 6) is -0.679. The average molecular weight is 374 g/mol. The highest BCUT2D eigenvalue weighted by atomic mass is 16.5. The molecule has 0 aliphatic carbocycles. The van der Waals surface area contributed by atoms with Gasteiger partial charge in [-0.3, -0.25) is 9.59 Å². The molecule has 2 aromatic rings. The molecule has 7 heteroatoms. The van der Waals surface area contributed by atoms with E-state index < -0.39 is 5.97 Å².